The fourth-order valence-electron chi connectivity index (χ4n) is 4.28. The molecule has 2 atom stereocenters. The molecule has 1 amide bonds. The molecular weight excluding hydrogens is 344 g/mol. The van der Waals surface area contributed by atoms with Gasteiger partial charge in [0.05, 0.1) is 17.9 Å². The molecule has 0 unspecified atom stereocenters. The molecule has 0 aromatic carbocycles. The van der Waals surface area contributed by atoms with E-state index in [1.54, 1.807) is 6.33 Å². The van der Waals surface area contributed by atoms with E-state index in [1.807, 2.05) is 18.7 Å². The first-order chi connectivity index (χ1) is 13.0. The quantitative estimate of drug-likeness (QED) is 0.895. The van der Waals surface area contributed by atoms with Crippen molar-refractivity contribution >= 4 is 5.91 Å². The van der Waals surface area contributed by atoms with Gasteiger partial charge in [0.1, 0.15) is 12.2 Å². The Labute approximate surface area is 159 Å². The maximum Gasteiger partial charge on any atom is 0.274 e. The molecule has 0 bridgehead atoms. The Morgan fingerprint density at radius 2 is 2.04 bits per heavy atom. The molecule has 0 aliphatic carbocycles. The lowest BCUT2D eigenvalue weighted by Crippen LogP contribution is -2.39. The number of carbonyl (C=O) groups is 1. The van der Waals surface area contributed by atoms with Crippen molar-refractivity contribution in [3.63, 3.8) is 0 Å². The van der Waals surface area contributed by atoms with E-state index in [0.29, 0.717) is 17.7 Å². The van der Waals surface area contributed by atoms with Crippen molar-refractivity contribution in [3.05, 3.63) is 29.1 Å². The zero-order valence-electron chi connectivity index (χ0n) is 16.5. The van der Waals surface area contributed by atoms with Crippen LogP contribution in [0.3, 0.4) is 0 Å². The first-order valence-electron chi connectivity index (χ1n) is 9.87. The molecule has 1 fully saturated rings. The van der Waals surface area contributed by atoms with Gasteiger partial charge in [-0.2, -0.15) is 5.10 Å². The fraction of sp³-hybridized carbons (Fsp3) is 0.684. The van der Waals surface area contributed by atoms with Crippen LogP contribution in [0.15, 0.2) is 6.33 Å². The Kier molecular flexibility index (Phi) is 4.75. The van der Waals surface area contributed by atoms with Gasteiger partial charge in [0.25, 0.3) is 5.91 Å². The second kappa shape index (κ2) is 7.07. The maximum absolute atomic E-state index is 13.1. The second-order valence-electron chi connectivity index (χ2n) is 8.01. The molecule has 0 spiro atoms. The number of hydrogen-bond acceptors (Lipinski definition) is 5. The number of aromatic amines is 1. The van der Waals surface area contributed by atoms with Crippen LogP contribution in [0.4, 0.5) is 0 Å². The van der Waals surface area contributed by atoms with Crippen molar-refractivity contribution in [2.75, 3.05) is 13.1 Å². The van der Waals surface area contributed by atoms with Crippen molar-refractivity contribution in [3.8, 4) is 0 Å². The van der Waals surface area contributed by atoms with E-state index in [4.69, 9.17) is 4.74 Å². The average Bonchev–Trinajstić information content (AvgIpc) is 3.28. The zero-order chi connectivity index (χ0) is 19.1. The minimum atomic E-state index is -0.0501. The molecule has 27 heavy (non-hydrogen) atoms. The van der Waals surface area contributed by atoms with Crippen molar-refractivity contribution in [1.82, 2.24) is 29.9 Å². The topological polar surface area (TPSA) is 88.9 Å². The lowest BCUT2D eigenvalue weighted by molar-refractivity contribution is -0.00703. The normalized spacial score (nSPS) is 23.7. The van der Waals surface area contributed by atoms with Crippen molar-refractivity contribution in [2.45, 2.75) is 71.1 Å². The Morgan fingerprint density at radius 3 is 2.74 bits per heavy atom. The molecule has 146 valence electrons. The van der Waals surface area contributed by atoms with Gasteiger partial charge in [-0.25, -0.2) is 0 Å². The van der Waals surface area contributed by atoms with Crippen LogP contribution >= 0.6 is 0 Å². The number of fused-ring (bicyclic) bond motifs is 1. The van der Waals surface area contributed by atoms with Gasteiger partial charge in [-0.3, -0.25) is 9.89 Å². The van der Waals surface area contributed by atoms with E-state index in [-0.39, 0.29) is 18.1 Å². The number of hydrogen-bond donors (Lipinski definition) is 1. The van der Waals surface area contributed by atoms with Crippen LogP contribution in [0.2, 0.25) is 0 Å². The van der Waals surface area contributed by atoms with Crippen LogP contribution in [-0.4, -0.2) is 55.0 Å². The highest BCUT2D eigenvalue weighted by molar-refractivity contribution is 5.94. The number of likely N-dealkylation sites (tertiary alicyclic amines) is 1. The molecule has 2 aliphatic heterocycles. The second-order valence-corrected chi connectivity index (χ2v) is 8.01. The number of aromatic nitrogens is 5. The molecule has 1 saturated heterocycles. The third-order valence-electron chi connectivity index (χ3n) is 5.74. The number of nitrogens with zero attached hydrogens (tertiary/aromatic N) is 5. The molecule has 4 rings (SSSR count). The van der Waals surface area contributed by atoms with E-state index >= 15 is 0 Å². The van der Waals surface area contributed by atoms with E-state index < -0.39 is 0 Å². The van der Waals surface area contributed by atoms with E-state index in [1.165, 1.54) is 0 Å². The Morgan fingerprint density at radius 1 is 1.30 bits per heavy atom. The van der Waals surface area contributed by atoms with E-state index in [0.717, 1.165) is 49.4 Å². The van der Waals surface area contributed by atoms with Gasteiger partial charge >= 0.3 is 0 Å². The molecule has 8 heteroatoms. The molecule has 2 aromatic heterocycles. The number of piperidine rings is 1. The molecule has 2 aromatic rings. The van der Waals surface area contributed by atoms with Crippen LogP contribution in [0.25, 0.3) is 0 Å². The van der Waals surface area contributed by atoms with Gasteiger partial charge in [0.2, 0.25) is 0 Å². The highest BCUT2D eigenvalue weighted by Gasteiger charge is 2.33. The monoisotopic (exact) mass is 372 g/mol. The number of H-pyrrole nitrogens is 1. The minimum Gasteiger partial charge on any atom is -0.369 e. The van der Waals surface area contributed by atoms with E-state index in [9.17, 15) is 4.79 Å². The summed E-state index contributed by atoms with van der Waals surface area (Å²) in [4.78, 5) is 15.0. The summed E-state index contributed by atoms with van der Waals surface area (Å²) < 4.78 is 7.96. The summed E-state index contributed by atoms with van der Waals surface area (Å²) in [6.07, 6.45) is 4.39. The predicted molar refractivity (Wildman–Crippen MR) is 99.5 cm³/mol. The van der Waals surface area contributed by atoms with Gasteiger partial charge < -0.3 is 14.2 Å². The fourth-order valence-corrected chi connectivity index (χ4v) is 4.28. The highest BCUT2D eigenvalue weighted by Crippen LogP contribution is 2.32. The van der Waals surface area contributed by atoms with Gasteiger partial charge in [0, 0.05) is 37.0 Å². The summed E-state index contributed by atoms with van der Waals surface area (Å²) in [5, 5.41) is 15.8. The minimum absolute atomic E-state index is 0.0255. The highest BCUT2D eigenvalue weighted by atomic mass is 16.5. The molecule has 0 radical (unpaired) electrons. The average molecular weight is 372 g/mol. The first-order valence-corrected chi connectivity index (χ1v) is 9.87. The van der Waals surface area contributed by atoms with Crippen molar-refractivity contribution in [1.29, 1.82) is 0 Å². The summed E-state index contributed by atoms with van der Waals surface area (Å²) >= 11 is 0. The lowest BCUT2D eigenvalue weighted by atomic mass is 9.94. The summed E-state index contributed by atoms with van der Waals surface area (Å²) in [6.45, 7) is 9.75. The molecule has 4 heterocycles. The summed E-state index contributed by atoms with van der Waals surface area (Å²) in [7, 11) is 0. The third-order valence-corrected chi connectivity index (χ3v) is 5.74. The van der Waals surface area contributed by atoms with Crippen LogP contribution in [0.1, 0.15) is 86.2 Å². The summed E-state index contributed by atoms with van der Waals surface area (Å²) in [6, 6.07) is 0.344. The number of rotatable bonds is 3. The number of nitrogens with one attached hydrogen (secondary N) is 1. The van der Waals surface area contributed by atoms with Crippen LogP contribution in [0.5, 0.6) is 0 Å². The van der Waals surface area contributed by atoms with Crippen LogP contribution in [0, 0.1) is 0 Å². The number of carbonyl (C=O) groups excluding carboxylic acids is 1. The molecule has 1 N–H and O–H groups in total. The van der Waals surface area contributed by atoms with Gasteiger partial charge in [-0.15, -0.1) is 10.2 Å². The molecule has 0 saturated carbocycles. The summed E-state index contributed by atoms with van der Waals surface area (Å²) in [5.74, 6) is 1.41. The SMILES string of the molecule is CC(C)n1cnnc1C1CCN(C(=O)c2n[nH]c3c2C[C@H](C)O[C@@H]3C)CC1. The molecule has 2 aliphatic rings. The molecular formula is C19H28N6O2. The summed E-state index contributed by atoms with van der Waals surface area (Å²) in [5.41, 5.74) is 2.53. The number of ether oxygens (including phenoxy) is 1. The largest absolute Gasteiger partial charge is 0.369 e. The Hall–Kier alpha value is -2.22. The molecule has 8 nitrogen and oxygen atoms in total. The maximum atomic E-state index is 13.1. The Balaban J connectivity index is 1.46. The zero-order valence-corrected chi connectivity index (χ0v) is 16.5. The van der Waals surface area contributed by atoms with Crippen LogP contribution in [-0.2, 0) is 11.2 Å². The van der Waals surface area contributed by atoms with Gasteiger partial charge in [0.15, 0.2) is 5.69 Å². The number of amides is 1. The predicted octanol–water partition coefficient (Wildman–Crippen LogP) is 2.62. The third kappa shape index (κ3) is 3.26. The first kappa shape index (κ1) is 18.2. The van der Waals surface area contributed by atoms with Crippen molar-refractivity contribution < 1.29 is 9.53 Å². The lowest BCUT2D eigenvalue weighted by Gasteiger charge is -2.32. The van der Waals surface area contributed by atoms with Crippen LogP contribution < -0.4 is 0 Å². The van der Waals surface area contributed by atoms with Gasteiger partial charge in [-0.05, 0) is 40.5 Å². The Bertz CT molecular complexity index is 818. The van der Waals surface area contributed by atoms with Gasteiger partial charge in [-0.1, -0.05) is 0 Å². The standard InChI is InChI=1S/C19H28N6O2/c1-11(2)25-10-20-23-18(25)14-5-7-24(8-6-14)19(26)17-15-9-12(3)27-13(4)16(15)21-22-17/h10-14H,5-9H2,1-4H3,(H,21,22)/t12-,13+/m0/s1. The van der Waals surface area contributed by atoms with E-state index in [2.05, 4.69) is 38.8 Å². The van der Waals surface area contributed by atoms with Crippen molar-refractivity contribution in [2.24, 2.45) is 0 Å². The smallest absolute Gasteiger partial charge is 0.274 e.